The summed E-state index contributed by atoms with van der Waals surface area (Å²) in [5.74, 6) is -0.175. The number of hydrogen-bond acceptors (Lipinski definition) is 9. The molecule has 0 saturated carbocycles. The summed E-state index contributed by atoms with van der Waals surface area (Å²) in [5, 5.41) is 29.6. The molecule has 0 radical (unpaired) electrons. The number of benzene rings is 4. The lowest BCUT2D eigenvalue weighted by molar-refractivity contribution is -0.127. The highest BCUT2D eigenvalue weighted by Crippen LogP contribution is 2.41. The van der Waals surface area contributed by atoms with Gasteiger partial charge >= 0.3 is 0 Å². The molecule has 360 valence electrons. The minimum Gasteiger partial charge on any atom is -0.420 e. The van der Waals surface area contributed by atoms with Crippen molar-refractivity contribution >= 4 is 39.7 Å². The van der Waals surface area contributed by atoms with Gasteiger partial charge in [0.15, 0.2) is 33.8 Å². The lowest BCUT2D eigenvalue weighted by Gasteiger charge is -2.40. The van der Waals surface area contributed by atoms with Gasteiger partial charge in [-0.25, -0.2) is 9.69 Å². The quantitative estimate of drug-likeness (QED) is 0.0577. The molecule has 5 aromatic rings. The van der Waals surface area contributed by atoms with Gasteiger partial charge in [-0.3, -0.25) is 9.59 Å². The molecule has 1 aromatic heterocycles. The molecule has 4 aromatic carbocycles. The Hall–Kier alpha value is -6.53. The smallest absolute Gasteiger partial charge is 0.247 e. The zero-order valence-corrected chi connectivity index (χ0v) is 44.7. The number of aryl methyl sites for hydroxylation is 2. The normalized spacial score (nSPS) is 13.5. The van der Waals surface area contributed by atoms with Crippen LogP contribution in [-0.4, -0.2) is 57.3 Å². The number of nitriles is 2. The average Bonchev–Trinajstić information content (AvgIpc) is 3.78. The third-order valence-electron chi connectivity index (χ3n) is 13.5. The number of Topliss-reactive ketones (excluding diaryl/α,β-unsaturated/α-hetero) is 1. The molecule has 14 heteroatoms. The van der Waals surface area contributed by atoms with E-state index in [1.807, 2.05) is 63.2 Å². The van der Waals surface area contributed by atoms with Crippen molar-refractivity contribution in [2.24, 2.45) is 5.92 Å². The second-order valence-corrected chi connectivity index (χ2v) is 30.2. The number of hydrogen-bond donors (Lipinski definition) is 1. The highest BCUT2D eigenvalue weighted by molar-refractivity contribution is 6.74. The maximum Gasteiger partial charge on any atom is 0.247 e. The SMILES string of the molecule is [C-]#[N+]c1ccc(C[C@@H](C(=O)NCC(=O)c2ccc(C#N)cc2)[C@H](C)O[Si](C)(C)C(C)(C)C)cc1C.[C-]#[N+]c1ccc(C[C@@H](c2nnc(-c3ccc(C#N)cc3)o2)[C@H](C)O[Si](C)(C)C(C)(C)C)cc1C. The van der Waals surface area contributed by atoms with Crippen molar-refractivity contribution in [1.29, 1.82) is 10.5 Å². The molecule has 4 atom stereocenters. The Morgan fingerprint density at radius 2 is 1.17 bits per heavy atom. The number of rotatable bonds is 16. The zero-order valence-electron chi connectivity index (χ0n) is 42.7. The third-order valence-corrected chi connectivity index (χ3v) is 22.6. The molecule has 0 spiro atoms. The van der Waals surface area contributed by atoms with Gasteiger partial charge in [0.1, 0.15) is 0 Å². The predicted molar refractivity (Wildman–Crippen MR) is 277 cm³/mol. The minimum absolute atomic E-state index is 0.0122. The van der Waals surface area contributed by atoms with E-state index < -0.39 is 22.6 Å². The van der Waals surface area contributed by atoms with Crippen LogP contribution >= 0.6 is 0 Å². The lowest BCUT2D eigenvalue weighted by atomic mass is 9.92. The van der Waals surface area contributed by atoms with Crippen LogP contribution in [0.4, 0.5) is 11.4 Å². The van der Waals surface area contributed by atoms with Gasteiger partial charge in [-0.1, -0.05) is 90.1 Å². The van der Waals surface area contributed by atoms with Crippen molar-refractivity contribution in [1.82, 2.24) is 15.5 Å². The number of nitrogens with zero attached hydrogens (tertiary/aromatic N) is 6. The Bertz CT molecular complexity index is 2760. The monoisotopic (exact) mass is 961 g/mol. The van der Waals surface area contributed by atoms with Crippen LogP contribution in [0.3, 0.4) is 0 Å². The van der Waals surface area contributed by atoms with Gasteiger partial charge in [0.25, 0.3) is 0 Å². The fourth-order valence-electron chi connectivity index (χ4n) is 7.14. The Morgan fingerprint density at radius 1 is 0.710 bits per heavy atom. The van der Waals surface area contributed by atoms with Gasteiger partial charge in [-0.15, -0.1) is 10.2 Å². The van der Waals surface area contributed by atoms with E-state index >= 15 is 0 Å². The molecular formula is C55H67N7O5Si2. The Morgan fingerprint density at radius 3 is 1.62 bits per heavy atom. The lowest BCUT2D eigenvalue weighted by Crippen LogP contribution is -2.48. The van der Waals surface area contributed by atoms with Gasteiger partial charge in [-0.2, -0.15) is 10.5 Å². The number of carbonyl (C=O) groups excluding carboxylic acids is 2. The van der Waals surface area contributed by atoms with Crippen molar-refractivity contribution in [3.8, 4) is 23.6 Å². The fraction of sp³-hybridized carbons (Fsp3) is 0.418. The van der Waals surface area contributed by atoms with Gasteiger partial charge in [0, 0.05) is 11.1 Å². The average molecular weight is 962 g/mol. The number of amides is 1. The van der Waals surface area contributed by atoms with Crippen LogP contribution in [0.25, 0.3) is 21.1 Å². The summed E-state index contributed by atoms with van der Waals surface area (Å²) < 4.78 is 19.5. The summed E-state index contributed by atoms with van der Waals surface area (Å²) in [4.78, 5) is 33.1. The van der Waals surface area contributed by atoms with Crippen molar-refractivity contribution in [3.63, 3.8) is 0 Å². The number of aromatic nitrogens is 2. The van der Waals surface area contributed by atoms with Crippen LogP contribution in [0, 0.1) is 55.6 Å². The molecule has 0 aliphatic rings. The standard InChI is InChI=1S/C28H35N3O3Si.C27H32N4O2Si/c1-19-15-22(11-14-25(19)30-6)16-24(20(2)34-35(7,8)28(3,4)5)27(33)31-18-26(32)23-12-9-21(17-29)10-13-23;1-18-15-21(11-14-24(18)29-6)16-23(19(2)33-34(7,8)27(3,4)5)26-31-30-25(32-26)22-12-9-20(17-28)10-13-22/h9-15,20,24H,16,18H2,1-5,7-8H3,(H,31,33);9-15,19,23H,16H2,1-5,7-8H3/t20-,24+;19-,23+/m00/s1. The number of ketones is 1. The molecule has 1 amide bonds. The van der Waals surface area contributed by atoms with E-state index in [2.05, 4.69) is 112 Å². The summed E-state index contributed by atoms with van der Waals surface area (Å²) in [5.41, 5.74) is 7.37. The maximum absolute atomic E-state index is 13.3. The predicted octanol–water partition coefficient (Wildman–Crippen LogP) is 13.2. The molecule has 1 heterocycles. The van der Waals surface area contributed by atoms with Gasteiger partial charge in [0.2, 0.25) is 17.7 Å². The first-order valence-corrected chi connectivity index (χ1v) is 29.0. The first-order chi connectivity index (χ1) is 32.2. The second kappa shape index (κ2) is 23.2. The molecule has 5 rings (SSSR count). The summed E-state index contributed by atoms with van der Waals surface area (Å²) in [7, 11) is -4.17. The summed E-state index contributed by atoms with van der Waals surface area (Å²) >= 11 is 0. The maximum atomic E-state index is 13.3. The summed E-state index contributed by atoms with van der Waals surface area (Å²) in [6.45, 7) is 44.2. The Labute approximate surface area is 412 Å². The second-order valence-electron chi connectivity index (χ2n) is 20.7. The van der Waals surface area contributed by atoms with E-state index in [1.54, 1.807) is 42.5 Å². The van der Waals surface area contributed by atoms with E-state index in [1.165, 1.54) is 0 Å². The molecule has 1 N–H and O–H groups in total. The van der Waals surface area contributed by atoms with Crippen LogP contribution in [0.15, 0.2) is 89.3 Å². The molecule has 0 unspecified atom stereocenters. The Kier molecular flexibility index (Phi) is 18.5. The van der Waals surface area contributed by atoms with Crippen molar-refractivity contribution in [2.45, 2.75) is 136 Å². The van der Waals surface area contributed by atoms with Gasteiger partial charge < -0.3 is 18.6 Å². The molecule has 0 bridgehead atoms. The van der Waals surface area contributed by atoms with Crippen molar-refractivity contribution in [2.75, 3.05) is 6.54 Å². The summed E-state index contributed by atoms with van der Waals surface area (Å²) in [6.07, 6.45) is 0.591. The topological polar surface area (TPSA) is 160 Å². The van der Waals surface area contributed by atoms with Gasteiger partial charge in [0.05, 0.1) is 67.0 Å². The molecule has 0 aliphatic heterocycles. The van der Waals surface area contributed by atoms with E-state index in [9.17, 15) is 9.59 Å². The molecule has 69 heavy (non-hydrogen) atoms. The number of carbonyl (C=O) groups is 2. The zero-order chi connectivity index (χ0) is 51.5. The first kappa shape index (κ1) is 55.1. The highest BCUT2D eigenvalue weighted by Gasteiger charge is 2.42. The molecule has 0 aliphatic carbocycles. The van der Waals surface area contributed by atoms with E-state index in [4.69, 9.17) is 36.9 Å². The van der Waals surface area contributed by atoms with Crippen LogP contribution in [-0.2, 0) is 26.5 Å². The van der Waals surface area contributed by atoms with E-state index in [-0.39, 0.29) is 46.4 Å². The van der Waals surface area contributed by atoms with Gasteiger partial charge in [-0.05, 0) is 135 Å². The summed E-state index contributed by atoms with van der Waals surface area (Å²) in [6, 6.07) is 29.1. The minimum atomic E-state index is -2.14. The molecule has 0 saturated heterocycles. The first-order valence-electron chi connectivity index (χ1n) is 23.2. The molecule has 0 fully saturated rings. The third kappa shape index (κ3) is 14.7. The van der Waals surface area contributed by atoms with Crippen LogP contribution in [0.2, 0.25) is 36.3 Å². The van der Waals surface area contributed by atoms with Crippen molar-refractivity contribution < 1.29 is 22.9 Å². The van der Waals surface area contributed by atoms with Crippen LogP contribution < -0.4 is 5.32 Å². The largest absolute Gasteiger partial charge is 0.420 e. The molecule has 12 nitrogen and oxygen atoms in total. The van der Waals surface area contributed by atoms with Crippen molar-refractivity contribution in [3.05, 3.63) is 153 Å². The van der Waals surface area contributed by atoms with E-state index in [0.717, 1.165) is 27.8 Å². The van der Waals surface area contributed by atoms with Crippen LogP contribution in [0.1, 0.15) is 111 Å². The van der Waals surface area contributed by atoms with E-state index in [0.29, 0.717) is 52.7 Å². The highest BCUT2D eigenvalue weighted by atomic mass is 28.4. The fourth-order valence-corrected chi connectivity index (χ4v) is 10.0. The molecular weight excluding hydrogens is 895 g/mol. The van der Waals surface area contributed by atoms with Crippen LogP contribution in [0.5, 0.6) is 0 Å². The number of nitrogens with one attached hydrogen (secondary N) is 1. The Balaban J connectivity index is 0.000000301.